The maximum Gasteiger partial charge on any atom is 0.207 e. The lowest BCUT2D eigenvalue weighted by Crippen LogP contribution is -2.19. The average molecular weight is 465 g/mol. The average Bonchev–Trinajstić information content (AvgIpc) is 3.34. The van der Waals surface area contributed by atoms with Crippen molar-refractivity contribution >= 4 is 67.7 Å². The summed E-state index contributed by atoms with van der Waals surface area (Å²) in [5.74, 6) is -0.342. The first-order valence-electron chi connectivity index (χ1n) is 9.96. The largest absolute Gasteiger partial charge is 0.497 e. The summed E-state index contributed by atoms with van der Waals surface area (Å²) in [6.07, 6.45) is 1.69. The Morgan fingerprint density at radius 3 is 2.38 bits per heavy atom. The number of aryl methyl sites for hydroxylation is 2. The van der Waals surface area contributed by atoms with Gasteiger partial charge in [0, 0.05) is 44.8 Å². The van der Waals surface area contributed by atoms with E-state index in [1.165, 1.54) is 0 Å². The highest BCUT2D eigenvalue weighted by Crippen LogP contribution is 2.43. The van der Waals surface area contributed by atoms with E-state index in [2.05, 4.69) is 9.97 Å². The van der Waals surface area contributed by atoms with E-state index >= 15 is 0 Å². The molecule has 2 N–H and O–H groups in total. The summed E-state index contributed by atoms with van der Waals surface area (Å²) in [5.41, 5.74) is 4.72. The fourth-order valence-electron chi connectivity index (χ4n) is 4.38. The molecule has 0 saturated heterocycles. The second-order valence-corrected chi connectivity index (χ2v) is 8.53. The number of ketones is 2. The molecule has 0 atom stereocenters. The van der Waals surface area contributed by atoms with E-state index in [-0.39, 0.29) is 21.2 Å². The number of H-pyrrole nitrogens is 2. The van der Waals surface area contributed by atoms with Gasteiger partial charge in [-0.25, -0.2) is 0 Å². The van der Waals surface area contributed by atoms with Gasteiger partial charge in [-0.15, -0.1) is 0 Å². The van der Waals surface area contributed by atoms with Crippen LogP contribution in [0.2, 0.25) is 0 Å². The number of hydrogen-bond donors (Lipinski definition) is 2. The summed E-state index contributed by atoms with van der Waals surface area (Å²) < 4.78 is 5.33. The third-order valence-electron chi connectivity index (χ3n) is 5.93. The second-order valence-electron chi connectivity index (χ2n) is 7.77. The lowest BCUT2D eigenvalue weighted by atomic mass is 9.87. The maximum atomic E-state index is 13.5. The summed E-state index contributed by atoms with van der Waals surface area (Å²) >= 11 is 13.2. The van der Waals surface area contributed by atoms with Crippen LogP contribution in [0.4, 0.5) is 0 Å². The van der Waals surface area contributed by atoms with Crippen LogP contribution in [-0.2, 0) is 9.59 Å². The number of carbonyl (C=O) groups is 2. The third-order valence-corrected chi connectivity index (χ3v) is 6.65. The number of fused-ring (bicyclic) bond motifs is 2. The van der Waals surface area contributed by atoms with E-state index in [0.717, 1.165) is 27.4 Å². The second kappa shape index (κ2) is 7.40. The van der Waals surface area contributed by atoms with Gasteiger partial charge in [-0.2, -0.15) is 0 Å². The molecule has 0 radical (unpaired) electrons. The maximum absolute atomic E-state index is 13.5. The molecule has 0 saturated carbocycles. The highest BCUT2D eigenvalue weighted by atomic mass is 35.5. The molecule has 7 heteroatoms. The molecule has 2 aromatic heterocycles. The first-order valence-corrected chi connectivity index (χ1v) is 10.7. The number of benzene rings is 2. The van der Waals surface area contributed by atoms with E-state index < -0.39 is 11.6 Å². The van der Waals surface area contributed by atoms with Gasteiger partial charge in [0.1, 0.15) is 15.8 Å². The zero-order valence-electron chi connectivity index (χ0n) is 17.5. The van der Waals surface area contributed by atoms with Gasteiger partial charge < -0.3 is 14.7 Å². The summed E-state index contributed by atoms with van der Waals surface area (Å²) in [5, 5.41) is 1.24. The molecule has 1 aliphatic rings. The highest BCUT2D eigenvalue weighted by Gasteiger charge is 2.37. The third kappa shape index (κ3) is 2.85. The van der Waals surface area contributed by atoms with Gasteiger partial charge in [-0.05, 0) is 37.6 Å². The summed E-state index contributed by atoms with van der Waals surface area (Å²) in [6, 6.07) is 11.2. The molecule has 4 aromatic rings. The number of Topliss-reactive ketones (excluding diaryl/α,β-unsaturated/α-hetero) is 2. The van der Waals surface area contributed by atoms with E-state index in [0.29, 0.717) is 22.6 Å². The molecule has 0 unspecified atom stereocenters. The van der Waals surface area contributed by atoms with Crippen LogP contribution in [0.15, 0.2) is 52.7 Å². The predicted octanol–water partition coefficient (Wildman–Crippen LogP) is 6.03. The molecule has 160 valence electrons. The van der Waals surface area contributed by atoms with Gasteiger partial charge in [0.25, 0.3) is 0 Å². The number of carbonyl (C=O) groups excluding carboxylic acids is 2. The first kappa shape index (κ1) is 20.6. The molecule has 0 fully saturated rings. The standard InChI is InChI=1S/C25H18Cl2N2O3/c1-11-5-4-6-14-16(10-28-23(11)14)19-21(26)25(31)20(22(27)24(19)30)18-12(2)29-17-8-7-13(32-3)9-15(17)18/h4-10,28-29H,1-3H3. The molecular formula is C25H18Cl2N2O3. The number of aromatic amines is 2. The Balaban J connectivity index is 1.72. The van der Waals surface area contributed by atoms with Crippen molar-refractivity contribution in [3.8, 4) is 5.75 Å². The molecule has 0 amide bonds. The van der Waals surface area contributed by atoms with Crippen LogP contribution in [0.25, 0.3) is 33.0 Å². The molecule has 0 bridgehead atoms. The van der Waals surface area contributed by atoms with Crippen LogP contribution >= 0.6 is 23.2 Å². The molecule has 2 aromatic carbocycles. The van der Waals surface area contributed by atoms with Crippen LogP contribution in [-0.4, -0.2) is 28.6 Å². The first-order chi connectivity index (χ1) is 15.3. The number of allylic oxidation sites excluding steroid dienone is 4. The Bertz CT molecular complexity index is 1540. The predicted molar refractivity (Wildman–Crippen MR) is 128 cm³/mol. The van der Waals surface area contributed by atoms with Gasteiger partial charge in [0.15, 0.2) is 0 Å². The van der Waals surface area contributed by atoms with Crippen LogP contribution in [0, 0.1) is 13.8 Å². The van der Waals surface area contributed by atoms with Crippen molar-refractivity contribution in [2.24, 2.45) is 0 Å². The topological polar surface area (TPSA) is 75.0 Å². The minimum atomic E-state index is -0.486. The Morgan fingerprint density at radius 2 is 1.62 bits per heavy atom. The number of hydrogen-bond acceptors (Lipinski definition) is 3. The fraction of sp³-hybridized carbons (Fsp3) is 0.120. The van der Waals surface area contributed by atoms with Crippen LogP contribution in [0.3, 0.4) is 0 Å². The lowest BCUT2D eigenvalue weighted by Gasteiger charge is -2.18. The normalized spacial score (nSPS) is 14.9. The molecule has 0 aliphatic heterocycles. The van der Waals surface area contributed by atoms with E-state index in [4.69, 9.17) is 27.9 Å². The Morgan fingerprint density at radius 1 is 0.906 bits per heavy atom. The molecule has 32 heavy (non-hydrogen) atoms. The minimum Gasteiger partial charge on any atom is -0.497 e. The Kier molecular flexibility index (Phi) is 4.77. The zero-order chi connectivity index (χ0) is 22.7. The van der Waals surface area contributed by atoms with Crippen molar-refractivity contribution in [3.63, 3.8) is 0 Å². The van der Waals surface area contributed by atoms with Crippen LogP contribution in [0.1, 0.15) is 22.4 Å². The van der Waals surface area contributed by atoms with E-state index in [1.807, 2.05) is 44.2 Å². The van der Waals surface area contributed by atoms with Crippen molar-refractivity contribution in [2.75, 3.05) is 7.11 Å². The smallest absolute Gasteiger partial charge is 0.207 e. The van der Waals surface area contributed by atoms with Crippen molar-refractivity contribution in [2.45, 2.75) is 13.8 Å². The number of methoxy groups -OCH3 is 1. The molecule has 5 rings (SSSR count). The van der Waals surface area contributed by atoms with Gasteiger partial charge in [0.05, 0.1) is 18.3 Å². The Hall–Kier alpha value is -3.28. The monoisotopic (exact) mass is 464 g/mol. The number of aromatic nitrogens is 2. The van der Waals surface area contributed by atoms with Crippen molar-refractivity contribution in [3.05, 3.63) is 75.0 Å². The number of para-hydroxylation sites is 1. The van der Waals surface area contributed by atoms with Gasteiger partial charge in [0.2, 0.25) is 11.6 Å². The highest BCUT2D eigenvalue weighted by molar-refractivity contribution is 6.68. The summed E-state index contributed by atoms with van der Waals surface area (Å²) in [7, 11) is 1.57. The van der Waals surface area contributed by atoms with Crippen LogP contribution in [0.5, 0.6) is 5.75 Å². The molecule has 1 aliphatic carbocycles. The molecule has 0 spiro atoms. The lowest BCUT2D eigenvalue weighted by molar-refractivity contribution is -0.113. The van der Waals surface area contributed by atoms with Crippen molar-refractivity contribution < 1.29 is 14.3 Å². The minimum absolute atomic E-state index is 0.0958. The van der Waals surface area contributed by atoms with E-state index in [9.17, 15) is 9.59 Å². The number of halogens is 2. The SMILES string of the molecule is COc1ccc2[nH]c(C)c(C3=C(Cl)C(=O)C(c4c[nH]c5c(C)cccc45)=C(Cl)C3=O)c2c1. The zero-order valence-corrected chi connectivity index (χ0v) is 19.0. The van der Waals surface area contributed by atoms with Crippen molar-refractivity contribution in [1.29, 1.82) is 0 Å². The van der Waals surface area contributed by atoms with Crippen LogP contribution < -0.4 is 4.74 Å². The van der Waals surface area contributed by atoms with Gasteiger partial charge >= 0.3 is 0 Å². The number of nitrogens with one attached hydrogen (secondary N) is 2. The summed E-state index contributed by atoms with van der Waals surface area (Å²) in [6.45, 7) is 3.79. The summed E-state index contributed by atoms with van der Waals surface area (Å²) in [4.78, 5) is 33.4. The molecule has 5 nitrogen and oxygen atoms in total. The molecule has 2 heterocycles. The number of rotatable bonds is 3. The number of ether oxygens (including phenoxy) is 1. The van der Waals surface area contributed by atoms with Crippen molar-refractivity contribution in [1.82, 2.24) is 9.97 Å². The molecular weight excluding hydrogens is 447 g/mol. The Labute approximate surface area is 193 Å². The quantitative estimate of drug-likeness (QED) is 0.363. The van der Waals surface area contributed by atoms with Gasteiger partial charge in [-0.3, -0.25) is 9.59 Å². The van der Waals surface area contributed by atoms with Gasteiger partial charge in [-0.1, -0.05) is 41.4 Å². The fourth-order valence-corrected chi connectivity index (χ4v) is 4.93. The van der Waals surface area contributed by atoms with E-state index in [1.54, 1.807) is 19.4 Å².